The summed E-state index contributed by atoms with van der Waals surface area (Å²) in [6.07, 6.45) is 4.40. The van der Waals surface area contributed by atoms with Gasteiger partial charge in [-0.2, -0.15) is 0 Å². The van der Waals surface area contributed by atoms with E-state index in [1.807, 2.05) is 24.0 Å². The van der Waals surface area contributed by atoms with Crippen molar-refractivity contribution in [2.45, 2.75) is 32.2 Å². The molecule has 176 valence electrons. The van der Waals surface area contributed by atoms with Crippen LogP contribution in [0, 0.1) is 5.82 Å². The van der Waals surface area contributed by atoms with Crippen LogP contribution in [0.4, 0.5) is 10.2 Å². The van der Waals surface area contributed by atoms with E-state index in [0.717, 1.165) is 49.8 Å². The summed E-state index contributed by atoms with van der Waals surface area (Å²) >= 11 is 0. The molecule has 3 rings (SSSR count). The fourth-order valence-electron chi connectivity index (χ4n) is 3.71. The molecule has 9 heteroatoms. The Morgan fingerprint density at radius 3 is 2.88 bits per heavy atom. The van der Waals surface area contributed by atoms with Gasteiger partial charge in [-0.25, -0.2) is 9.37 Å². The van der Waals surface area contributed by atoms with E-state index in [0.29, 0.717) is 19.0 Å². The molecule has 1 unspecified atom stereocenters. The maximum absolute atomic E-state index is 14.0. The van der Waals surface area contributed by atoms with Gasteiger partial charge in [0.15, 0.2) is 29.1 Å². The lowest BCUT2D eigenvalue weighted by atomic mass is 10.1. The Bertz CT molecular complexity index is 883. The summed E-state index contributed by atoms with van der Waals surface area (Å²) in [6.45, 7) is 4.82. The number of aromatic nitrogens is 1. The molecule has 0 spiro atoms. The third-order valence-electron chi connectivity index (χ3n) is 5.25. The van der Waals surface area contributed by atoms with Crippen LogP contribution in [0.2, 0.25) is 0 Å². The van der Waals surface area contributed by atoms with Gasteiger partial charge in [0.1, 0.15) is 0 Å². The Morgan fingerprint density at radius 2 is 2.16 bits per heavy atom. The number of aliphatic imine (C=N–C) groups is 1. The molecular formula is C23H33FIN5O2. The summed E-state index contributed by atoms with van der Waals surface area (Å²) in [5.41, 5.74) is 1.21. The van der Waals surface area contributed by atoms with Crippen molar-refractivity contribution in [1.82, 2.24) is 15.6 Å². The molecule has 1 aliphatic heterocycles. The minimum absolute atomic E-state index is 0. The first kappa shape index (κ1) is 26.0. The van der Waals surface area contributed by atoms with Crippen LogP contribution in [-0.4, -0.2) is 57.4 Å². The first-order valence-electron chi connectivity index (χ1n) is 10.8. The predicted octanol–water partition coefficient (Wildman–Crippen LogP) is 3.62. The Labute approximate surface area is 206 Å². The van der Waals surface area contributed by atoms with E-state index in [-0.39, 0.29) is 35.8 Å². The monoisotopic (exact) mass is 557 g/mol. The number of nitrogens with zero attached hydrogens (tertiary/aromatic N) is 3. The predicted molar refractivity (Wildman–Crippen MR) is 137 cm³/mol. The number of pyridine rings is 1. The number of rotatable bonds is 9. The molecule has 1 saturated heterocycles. The number of hydrogen-bond donors (Lipinski definition) is 2. The molecule has 1 aromatic heterocycles. The molecule has 0 radical (unpaired) electrons. The van der Waals surface area contributed by atoms with E-state index in [2.05, 4.69) is 26.7 Å². The zero-order valence-electron chi connectivity index (χ0n) is 18.9. The molecule has 2 aromatic rings. The maximum atomic E-state index is 14.0. The number of anilines is 1. The van der Waals surface area contributed by atoms with Crippen LogP contribution in [0.3, 0.4) is 0 Å². The number of benzene rings is 1. The van der Waals surface area contributed by atoms with E-state index in [4.69, 9.17) is 9.47 Å². The van der Waals surface area contributed by atoms with Crippen LogP contribution in [0.25, 0.3) is 0 Å². The largest absolute Gasteiger partial charge is 0.493 e. The van der Waals surface area contributed by atoms with Crippen LogP contribution in [-0.2, 0) is 6.42 Å². The minimum atomic E-state index is -0.281. The van der Waals surface area contributed by atoms with Gasteiger partial charge in [0, 0.05) is 38.9 Å². The SMILES string of the molecule is CCOc1cc(CCCNC(=NC)NC2CCN(c3ncccc3F)C2)ccc1OC.I. The second kappa shape index (κ2) is 13.3. The number of nitrogens with one attached hydrogen (secondary N) is 2. The molecule has 1 atom stereocenters. The lowest BCUT2D eigenvalue weighted by Crippen LogP contribution is -2.45. The van der Waals surface area contributed by atoms with E-state index < -0.39 is 0 Å². The number of methoxy groups -OCH3 is 1. The number of hydrogen-bond acceptors (Lipinski definition) is 5. The first-order chi connectivity index (χ1) is 15.1. The molecule has 0 saturated carbocycles. The Morgan fingerprint density at radius 1 is 1.31 bits per heavy atom. The van der Waals surface area contributed by atoms with Crippen molar-refractivity contribution in [3.05, 3.63) is 47.9 Å². The summed E-state index contributed by atoms with van der Waals surface area (Å²) in [6, 6.07) is 9.31. The molecule has 0 bridgehead atoms. The highest BCUT2D eigenvalue weighted by molar-refractivity contribution is 14.0. The van der Waals surface area contributed by atoms with Gasteiger partial charge in [-0.3, -0.25) is 4.99 Å². The van der Waals surface area contributed by atoms with Crippen LogP contribution < -0.4 is 25.0 Å². The third-order valence-corrected chi connectivity index (χ3v) is 5.25. The molecule has 0 aliphatic carbocycles. The number of aryl methyl sites for hydroxylation is 1. The van der Waals surface area contributed by atoms with Gasteiger partial charge in [0.25, 0.3) is 0 Å². The van der Waals surface area contributed by atoms with Crippen molar-refractivity contribution < 1.29 is 13.9 Å². The fraction of sp³-hybridized carbons (Fsp3) is 0.478. The Kier molecular flexibility index (Phi) is 10.8. The second-order valence-electron chi connectivity index (χ2n) is 7.41. The van der Waals surface area contributed by atoms with Crippen molar-refractivity contribution in [3.8, 4) is 11.5 Å². The molecule has 1 fully saturated rings. The summed E-state index contributed by atoms with van der Waals surface area (Å²) in [5, 5.41) is 6.80. The van der Waals surface area contributed by atoms with Crippen molar-refractivity contribution in [3.63, 3.8) is 0 Å². The number of halogens is 2. The van der Waals surface area contributed by atoms with Gasteiger partial charge in [-0.15, -0.1) is 24.0 Å². The topological polar surface area (TPSA) is 71.0 Å². The van der Waals surface area contributed by atoms with Crippen LogP contribution in [0.1, 0.15) is 25.3 Å². The molecule has 1 aromatic carbocycles. The van der Waals surface area contributed by atoms with Crippen molar-refractivity contribution in [2.75, 3.05) is 45.3 Å². The molecule has 1 aliphatic rings. The zero-order valence-corrected chi connectivity index (χ0v) is 21.3. The summed E-state index contributed by atoms with van der Waals surface area (Å²) < 4.78 is 25.0. The highest BCUT2D eigenvalue weighted by Crippen LogP contribution is 2.28. The normalized spacial score (nSPS) is 15.8. The fourth-order valence-corrected chi connectivity index (χ4v) is 3.71. The summed E-state index contributed by atoms with van der Waals surface area (Å²) in [5.74, 6) is 2.43. The van der Waals surface area contributed by atoms with Crippen LogP contribution >= 0.6 is 24.0 Å². The quantitative estimate of drug-likeness (QED) is 0.213. The van der Waals surface area contributed by atoms with E-state index >= 15 is 0 Å². The maximum Gasteiger partial charge on any atom is 0.191 e. The van der Waals surface area contributed by atoms with Crippen LogP contribution in [0.5, 0.6) is 11.5 Å². The second-order valence-corrected chi connectivity index (χ2v) is 7.41. The van der Waals surface area contributed by atoms with Gasteiger partial charge in [-0.1, -0.05) is 6.07 Å². The average Bonchev–Trinajstić information content (AvgIpc) is 3.25. The third kappa shape index (κ3) is 7.11. The van der Waals surface area contributed by atoms with Gasteiger partial charge in [-0.05, 0) is 56.0 Å². The van der Waals surface area contributed by atoms with Gasteiger partial charge >= 0.3 is 0 Å². The zero-order chi connectivity index (χ0) is 22.1. The Balaban J connectivity index is 0.00000363. The van der Waals surface area contributed by atoms with Crippen LogP contribution in [0.15, 0.2) is 41.5 Å². The van der Waals surface area contributed by atoms with Crippen molar-refractivity contribution in [1.29, 1.82) is 0 Å². The standard InChI is InChI=1S/C23H32FN5O2.HI/c1-4-31-21-15-17(9-10-20(21)30-3)7-5-13-27-23(25-2)28-18-11-14-29(16-18)22-19(24)8-6-12-26-22;/h6,8-10,12,15,18H,4-5,7,11,13-14,16H2,1-3H3,(H2,25,27,28);1H. The molecule has 2 N–H and O–H groups in total. The van der Waals surface area contributed by atoms with E-state index in [9.17, 15) is 4.39 Å². The molecular weight excluding hydrogens is 524 g/mol. The molecule has 7 nitrogen and oxygen atoms in total. The van der Waals surface area contributed by atoms with E-state index in [1.165, 1.54) is 11.6 Å². The van der Waals surface area contributed by atoms with Crippen molar-refractivity contribution in [2.24, 2.45) is 4.99 Å². The molecule has 32 heavy (non-hydrogen) atoms. The lowest BCUT2D eigenvalue weighted by molar-refractivity contribution is 0.310. The minimum Gasteiger partial charge on any atom is -0.493 e. The first-order valence-corrected chi connectivity index (χ1v) is 10.8. The Hall–Kier alpha value is -2.30. The summed E-state index contributed by atoms with van der Waals surface area (Å²) in [4.78, 5) is 10.5. The van der Waals surface area contributed by atoms with E-state index in [1.54, 1.807) is 26.4 Å². The average molecular weight is 557 g/mol. The summed E-state index contributed by atoms with van der Waals surface area (Å²) in [7, 11) is 3.41. The molecule has 2 heterocycles. The van der Waals surface area contributed by atoms with Gasteiger partial charge in [0.05, 0.1) is 13.7 Å². The smallest absolute Gasteiger partial charge is 0.191 e. The highest BCUT2D eigenvalue weighted by Gasteiger charge is 2.25. The number of guanidine groups is 1. The van der Waals surface area contributed by atoms with Gasteiger partial charge < -0.3 is 25.0 Å². The van der Waals surface area contributed by atoms with Gasteiger partial charge in [0.2, 0.25) is 0 Å². The highest BCUT2D eigenvalue weighted by atomic mass is 127. The lowest BCUT2D eigenvalue weighted by Gasteiger charge is -2.20. The number of ether oxygens (including phenoxy) is 2. The van der Waals surface area contributed by atoms with Crippen molar-refractivity contribution >= 4 is 35.8 Å². The molecule has 0 amide bonds.